The predicted octanol–water partition coefficient (Wildman–Crippen LogP) is 4.00. The van der Waals surface area contributed by atoms with Gasteiger partial charge in [0.15, 0.2) is 11.0 Å². The molecule has 3 aromatic rings. The molecule has 12 heteroatoms. The van der Waals surface area contributed by atoms with E-state index in [0.717, 1.165) is 14.9 Å². The Morgan fingerprint density at radius 3 is 2.79 bits per heavy atom. The number of hydrogen-bond donors (Lipinski definition) is 2. The lowest BCUT2D eigenvalue weighted by Crippen LogP contribution is -2.38. The number of benzene rings is 1. The third kappa shape index (κ3) is 3.89. The minimum atomic E-state index is -0.235. The summed E-state index contributed by atoms with van der Waals surface area (Å²) in [7, 11) is 0. The van der Waals surface area contributed by atoms with Gasteiger partial charge < -0.3 is 5.32 Å². The molecule has 1 aliphatic rings. The minimum absolute atomic E-state index is 0.0640. The molecule has 0 bridgehead atoms. The number of carbonyl (C=O) groups is 2. The number of nitrogens with zero attached hydrogens (tertiary/aromatic N) is 4. The molecule has 2 N–H and O–H groups in total. The molecule has 1 unspecified atom stereocenters. The van der Waals surface area contributed by atoms with Crippen LogP contribution in [-0.4, -0.2) is 37.4 Å². The standard InChI is InChI=1S/C17H15BrN6O2S3/c1-8-13(29-16(19-8)20-9(2)25)14-21-22-17(27)24(14)23-12(26)7-28-15(23)10-3-5-11(18)6-4-10/h3-6,15H,7H2,1-2H3,(H,22,27)(H,19,20,25). The van der Waals surface area contributed by atoms with Crippen molar-refractivity contribution < 1.29 is 9.59 Å². The van der Waals surface area contributed by atoms with E-state index < -0.39 is 0 Å². The highest BCUT2D eigenvalue weighted by Crippen LogP contribution is 2.40. The number of halogens is 1. The third-order valence-electron chi connectivity index (χ3n) is 4.15. The molecule has 0 spiro atoms. The number of aromatic amines is 1. The molecule has 0 saturated carbocycles. The Kier molecular flexibility index (Phi) is 5.60. The predicted molar refractivity (Wildman–Crippen MR) is 120 cm³/mol. The van der Waals surface area contributed by atoms with Crippen LogP contribution in [0.2, 0.25) is 0 Å². The van der Waals surface area contributed by atoms with Crippen molar-refractivity contribution in [3.05, 3.63) is 44.8 Å². The van der Waals surface area contributed by atoms with Crippen molar-refractivity contribution in [3.63, 3.8) is 0 Å². The zero-order valence-corrected chi connectivity index (χ0v) is 19.3. The van der Waals surface area contributed by atoms with Crippen molar-refractivity contribution in [2.24, 2.45) is 0 Å². The molecule has 29 heavy (non-hydrogen) atoms. The summed E-state index contributed by atoms with van der Waals surface area (Å²) in [5, 5.41) is 11.7. The molecule has 4 rings (SSSR count). The SMILES string of the molecule is CC(=O)Nc1nc(C)c(-c2n[nH]c(=S)n2N2C(=O)CSC2c2ccc(Br)cc2)s1. The number of hydrogen-bond acceptors (Lipinski definition) is 7. The Morgan fingerprint density at radius 1 is 1.38 bits per heavy atom. The van der Waals surface area contributed by atoms with Gasteiger partial charge in [-0.1, -0.05) is 39.4 Å². The summed E-state index contributed by atoms with van der Waals surface area (Å²) in [6.07, 6.45) is 0. The first-order chi connectivity index (χ1) is 13.8. The van der Waals surface area contributed by atoms with Gasteiger partial charge in [0.1, 0.15) is 5.37 Å². The molecule has 0 aliphatic carbocycles. The molecule has 150 valence electrons. The second kappa shape index (κ2) is 8.01. The van der Waals surface area contributed by atoms with Crippen molar-refractivity contribution >= 4 is 68.2 Å². The van der Waals surface area contributed by atoms with E-state index in [4.69, 9.17) is 12.2 Å². The summed E-state index contributed by atoms with van der Waals surface area (Å²) < 4.78 is 2.91. The normalized spacial score (nSPS) is 16.4. The van der Waals surface area contributed by atoms with Gasteiger partial charge in [-0.3, -0.25) is 9.59 Å². The number of thioether (sulfide) groups is 1. The summed E-state index contributed by atoms with van der Waals surface area (Å²) in [6, 6.07) is 7.84. The van der Waals surface area contributed by atoms with Crippen molar-refractivity contribution in [2.45, 2.75) is 19.2 Å². The van der Waals surface area contributed by atoms with Crippen LogP contribution in [0.5, 0.6) is 0 Å². The smallest absolute Gasteiger partial charge is 0.252 e. The highest BCUT2D eigenvalue weighted by atomic mass is 79.9. The van der Waals surface area contributed by atoms with E-state index in [9.17, 15) is 9.59 Å². The third-order valence-corrected chi connectivity index (χ3v) is 7.21. The van der Waals surface area contributed by atoms with Gasteiger partial charge in [0.05, 0.1) is 16.3 Å². The second-order valence-electron chi connectivity index (χ2n) is 6.23. The van der Waals surface area contributed by atoms with Gasteiger partial charge in [0.25, 0.3) is 5.91 Å². The van der Waals surface area contributed by atoms with Crippen molar-refractivity contribution in [3.8, 4) is 10.7 Å². The highest BCUT2D eigenvalue weighted by Gasteiger charge is 2.37. The number of aromatic nitrogens is 4. The number of H-pyrrole nitrogens is 1. The lowest BCUT2D eigenvalue weighted by atomic mass is 10.2. The topological polar surface area (TPSA) is 95.9 Å². The number of aryl methyl sites for hydroxylation is 1. The number of rotatable bonds is 4. The van der Waals surface area contributed by atoms with E-state index in [1.165, 1.54) is 30.0 Å². The molecule has 2 amide bonds. The fourth-order valence-corrected chi connectivity index (χ4v) is 5.55. The zero-order valence-electron chi connectivity index (χ0n) is 15.3. The van der Waals surface area contributed by atoms with E-state index in [1.54, 1.807) is 9.69 Å². The largest absolute Gasteiger partial charge is 0.302 e. The molecule has 1 saturated heterocycles. The Morgan fingerprint density at radius 2 is 2.10 bits per heavy atom. The van der Waals surface area contributed by atoms with E-state index in [-0.39, 0.29) is 17.2 Å². The van der Waals surface area contributed by atoms with E-state index in [2.05, 4.69) is 36.4 Å². The maximum absolute atomic E-state index is 12.8. The number of carbonyl (C=O) groups excluding carboxylic acids is 2. The van der Waals surface area contributed by atoms with Gasteiger partial charge in [-0.25, -0.2) is 19.8 Å². The molecule has 8 nitrogen and oxygen atoms in total. The van der Waals surface area contributed by atoms with Gasteiger partial charge in [-0.15, -0.1) is 11.8 Å². The summed E-state index contributed by atoms with van der Waals surface area (Å²) in [6.45, 7) is 3.25. The molecule has 1 aromatic carbocycles. The second-order valence-corrected chi connectivity index (χ2v) is 9.60. The van der Waals surface area contributed by atoms with Gasteiger partial charge in [0, 0.05) is 11.4 Å². The van der Waals surface area contributed by atoms with Crippen LogP contribution in [0.25, 0.3) is 10.7 Å². The minimum Gasteiger partial charge on any atom is -0.302 e. The Labute approximate surface area is 187 Å². The van der Waals surface area contributed by atoms with Crippen LogP contribution in [0, 0.1) is 11.7 Å². The summed E-state index contributed by atoms with van der Waals surface area (Å²) in [4.78, 5) is 29.3. The molecule has 1 aliphatic heterocycles. The van der Waals surface area contributed by atoms with Gasteiger partial charge in [-0.05, 0) is 36.8 Å². The van der Waals surface area contributed by atoms with E-state index >= 15 is 0 Å². The maximum atomic E-state index is 12.8. The van der Waals surface area contributed by atoms with Crippen LogP contribution in [0.3, 0.4) is 0 Å². The molecule has 0 radical (unpaired) electrons. The first-order valence-electron chi connectivity index (χ1n) is 8.47. The molecule has 1 fully saturated rings. The monoisotopic (exact) mass is 510 g/mol. The number of thiazole rings is 1. The van der Waals surface area contributed by atoms with Crippen LogP contribution < -0.4 is 10.3 Å². The van der Waals surface area contributed by atoms with Crippen LogP contribution in [-0.2, 0) is 9.59 Å². The van der Waals surface area contributed by atoms with E-state index in [1.807, 2.05) is 31.2 Å². The molecule has 3 heterocycles. The number of nitrogens with one attached hydrogen (secondary N) is 2. The number of amides is 2. The van der Waals surface area contributed by atoms with Crippen LogP contribution in [0.1, 0.15) is 23.6 Å². The fraction of sp³-hybridized carbons (Fsp3) is 0.235. The maximum Gasteiger partial charge on any atom is 0.252 e. The zero-order chi connectivity index (χ0) is 20.7. The lowest BCUT2D eigenvalue weighted by molar-refractivity contribution is -0.117. The summed E-state index contributed by atoms with van der Waals surface area (Å²) in [5.74, 6) is 0.558. The first-order valence-corrected chi connectivity index (χ1v) is 11.5. The molecule has 2 aromatic heterocycles. The van der Waals surface area contributed by atoms with Crippen molar-refractivity contribution in [1.82, 2.24) is 19.9 Å². The molecular formula is C17H15BrN6O2S3. The Bertz CT molecular complexity index is 1150. The van der Waals surface area contributed by atoms with Crippen LogP contribution >= 0.6 is 51.2 Å². The van der Waals surface area contributed by atoms with Gasteiger partial charge >= 0.3 is 0 Å². The Hall–Kier alpha value is -2.02. The van der Waals surface area contributed by atoms with Crippen LogP contribution in [0.4, 0.5) is 5.13 Å². The summed E-state index contributed by atoms with van der Waals surface area (Å²) in [5.41, 5.74) is 1.67. The van der Waals surface area contributed by atoms with E-state index in [0.29, 0.717) is 27.2 Å². The lowest BCUT2D eigenvalue weighted by Gasteiger charge is -2.25. The first kappa shape index (κ1) is 20.3. The van der Waals surface area contributed by atoms with Gasteiger partial charge in [0.2, 0.25) is 10.7 Å². The number of anilines is 1. The average Bonchev–Trinajstić information content (AvgIpc) is 3.32. The highest BCUT2D eigenvalue weighted by molar-refractivity contribution is 9.10. The average molecular weight is 511 g/mol. The molecular weight excluding hydrogens is 496 g/mol. The Balaban J connectivity index is 1.79. The summed E-state index contributed by atoms with van der Waals surface area (Å²) >= 11 is 11.7. The van der Waals surface area contributed by atoms with Crippen molar-refractivity contribution in [1.29, 1.82) is 0 Å². The fourth-order valence-electron chi connectivity index (χ4n) is 2.95. The quantitative estimate of drug-likeness (QED) is 0.514. The molecule has 1 atom stereocenters. The van der Waals surface area contributed by atoms with Crippen molar-refractivity contribution in [2.75, 3.05) is 16.1 Å². The van der Waals surface area contributed by atoms with Gasteiger partial charge in [-0.2, -0.15) is 5.10 Å². The van der Waals surface area contributed by atoms with Crippen LogP contribution in [0.15, 0.2) is 28.7 Å².